The fourth-order valence-corrected chi connectivity index (χ4v) is 1.91. The normalized spacial score (nSPS) is 11.0. The zero-order chi connectivity index (χ0) is 16.0. The summed E-state index contributed by atoms with van der Waals surface area (Å²) in [4.78, 5) is 21.6. The lowest BCUT2D eigenvalue weighted by Gasteiger charge is -2.09. The van der Waals surface area contributed by atoms with Crippen molar-refractivity contribution >= 4 is 29.0 Å². The van der Waals surface area contributed by atoms with Crippen LogP contribution in [0.25, 0.3) is 0 Å². The number of thioether (sulfide) groups is 1. The molecule has 0 unspecified atom stereocenters. The van der Waals surface area contributed by atoms with Crippen molar-refractivity contribution in [3.63, 3.8) is 0 Å². The van der Waals surface area contributed by atoms with E-state index in [0.29, 0.717) is 0 Å². The van der Waals surface area contributed by atoms with Crippen LogP contribution < -0.4 is 10.6 Å². The van der Waals surface area contributed by atoms with E-state index >= 15 is 0 Å². The summed E-state index contributed by atoms with van der Waals surface area (Å²) in [5.74, 6) is -0.747. The average molecular weight is 323 g/mol. The number of hydrogen-bond acceptors (Lipinski definition) is 5. The lowest BCUT2D eigenvalue weighted by atomic mass is 10.1. The van der Waals surface area contributed by atoms with Crippen molar-refractivity contribution in [1.82, 2.24) is 5.32 Å². The van der Waals surface area contributed by atoms with Crippen LogP contribution in [-0.2, 0) is 0 Å². The van der Waals surface area contributed by atoms with Crippen LogP contribution in [0.3, 0.4) is 0 Å². The van der Waals surface area contributed by atoms with Gasteiger partial charge in [-0.25, -0.2) is 0 Å². The Hall–Kier alpha value is -1.97. The summed E-state index contributed by atoms with van der Waals surface area (Å²) in [5, 5.41) is 15.7. The van der Waals surface area contributed by atoms with E-state index in [9.17, 15) is 28.1 Å². The number of amides is 1. The van der Waals surface area contributed by atoms with Crippen LogP contribution in [0.15, 0.2) is 18.2 Å². The minimum absolute atomic E-state index is 0.00359. The van der Waals surface area contributed by atoms with Crippen LogP contribution in [0.5, 0.6) is 0 Å². The lowest BCUT2D eigenvalue weighted by molar-refractivity contribution is -0.384. The van der Waals surface area contributed by atoms with Crippen LogP contribution in [0.1, 0.15) is 10.4 Å². The van der Waals surface area contributed by atoms with E-state index in [1.807, 2.05) is 0 Å². The molecule has 1 rings (SSSR count). The van der Waals surface area contributed by atoms with Crippen molar-refractivity contribution in [2.45, 2.75) is 5.51 Å². The van der Waals surface area contributed by atoms with E-state index in [2.05, 4.69) is 10.6 Å². The summed E-state index contributed by atoms with van der Waals surface area (Å²) in [5.41, 5.74) is -4.48. The Labute approximate surface area is 122 Å². The summed E-state index contributed by atoms with van der Waals surface area (Å²) < 4.78 is 35.9. The predicted octanol–water partition coefficient (Wildman–Crippen LogP) is 2.62. The zero-order valence-corrected chi connectivity index (χ0v) is 11.7. The standard InChI is InChI=1S/C11H12F3N3O3S/c1-15-10(18)7-2-3-9(17(19)20)8(6-7)16-4-5-21-11(12,13)14/h2-3,6,16H,4-5H2,1H3,(H,15,18). The molecule has 2 N–H and O–H groups in total. The maximum atomic E-state index is 12.0. The highest BCUT2D eigenvalue weighted by Crippen LogP contribution is 2.30. The van der Waals surface area contributed by atoms with Gasteiger partial charge in [0.2, 0.25) is 0 Å². The van der Waals surface area contributed by atoms with Crippen molar-refractivity contribution in [1.29, 1.82) is 0 Å². The molecule has 0 saturated heterocycles. The Morgan fingerprint density at radius 2 is 2.10 bits per heavy atom. The first-order valence-electron chi connectivity index (χ1n) is 5.69. The highest BCUT2D eigenvalue weighted by molar-refractivity contribution is 8.00. The Balaban J connectivity index is 2.82. The molecule has 21 heavy (non-hydrogen) atoms. The second kappa shape index (κ2) is 7.16. The number of nitro benzene ring substituents is 1. The first-order valence-corrected chi connectivity index (χ1v) is 6.68. The molecule has 0 aromatic heterocycles. The number of alkyl halides is 3. The van der Waals surface area contributed by atoms with Gasteiger partial charge in [-0.15, -0.1) is 0 Å². The lowest BCUT2D eigenvalue weighted by Crippen LogP contribution is -2.18. The second-order valence-corrected chi connectivity index (χ2v) is 4.95. The molecule has 1 aromatic rings. The number of nitrogens with zero attached hydrogens (tertiary/aromatic N) is 1. The topological polar surface area (TPSA) is 84.3 Å². The largest absolute Gasteiger partial charge is 0.441 e. The van der Waals surface area contributed by atoms with Gasteiger partial charge in [-0.05, 0) is 23.9 Å². The number of nitro groups is 1. The number of anilines is 1. The first-order chi connectivity index (χ1) is 9.74. The summed E-state index contributed by atoms with van der Waals surface area (Å²) in [6, 6.07) is 3.63. The molecule has 0 bridgehead atoms. The van der Waals surface area contributed by atoms with Gasteiger partial charge in [-0.1, -0.05) is 0 Å². The van der Waals surface area contributed by atoms with Gasteiger partial charge in [0.25, 0.3) is 11.6 Å². The molecule has 1 aromatic carbocycles. The summed E-state index contributed by atoms with van der Waals surface area (Å²) in [6.07, 6.45) is 0. The van der Waals surface area contributed by atoms with Gasteiger partial charge in [-0.3, -0.25) is 14.9 Å². The minimum Gasteiger partial charge on any atom is -0.379 e. The third-order valence-electron chi connectivity index (χ3n) is 2.37. The van der Waals surface area contributed by atoms with E-state index in [4.69, 9.17) is 0 Å². The number of halogens is 3. The van der Waals surface area contributed by atoms with Gasteiger partial charge >= 0.3 is 5.51 Å². The Bertz CT molecular complexity index is 537. The minimum atomic E-state index is -4.35. The van der Waals surface area contributed by atoms with E-state index in [-0.39, 0.29) is 41.0 Å². The van der Waals surface area contributed by atoms with Gasteiger partial charge in [-0.2, -0.15) is 13.2 Å². The monoisotopic (exact) mass is 323 g/mol. The molecule has 0 atom stereocenters. The number of carbonyl (C=O) groups excluding carboxylic acids is 1. The number of benzene rings is 1. The summed E-state index contributed by atoms with van der Waals surface area (Å²) in [7, 11) is 1.40. The highest BCUT2D eigenvalue weighted by atomic mass is 32.2. The molecule has 0 aliphatic rings. The smallest absolute Gasteiger partial charge is 0.379 e. The van der Waals surface area contributed by atoms with Crippen LogP contribution in [0, 0.1) is 10.1 Å². The van der Waals surface area contributed by atoms with Gasteiger partial charge in [0.05, 0.1) is 4.92 Å². The summed E-state index contributed by atoms with van der Waals surface area (Å²) in [6.45, 7) is -0.123. The Kier molecular flexibility index (Phi) is 5.82. The van der Waals surface area contributed by atoms with E-state index < -0.39 is 16.3 Å². The van der Waals surface area contributed by atoms with E-state index in [0.717, 1.165) is 6.07 Å². The molecule has 1 amide bonds. The van der Waals surface area contributed by atoms with Gasteiger partial charge in [0, 0.05) is 31.0 Å². The van der Waals surface area contributed by atoms with Crippen molar-refractivity contribution in [3.8, 4) is 0 Å². The maximum Gasteiger partial charge on any atom is 0.441 e. The van der Waals surface area contributed by atoms with Crippen molar-refractivity contribution in [2.75, 3.05) is 24.7 Å². The van der Waals surface area contributed by atoms with Crippen LogP contribution in [0.4, 0.5) is 24.5 Å². The molecule has 0 fully saturated rings. The first kappa shape index (κ1) is 17.1. The molecular formula is C11H12F3N3O3S. The maximum absolute atomic E-state index is 12.0. The molecule has 0 saturated carbocycles. The molecular weight excluding hydrogens is 311 g/mol. The molecule has 0 heterocycles. The Morgan fingerprint density at radius 1 is 1.43 bits per heavy atom. The van der Waals surface area contributed by atoms with Crippen LogP contribution in [-0.4, -0.2) is 35.7 Å². The second-order valence-electron chi connectivity index (χ2n) is 3.79. The number of nitrogens with one attached hydrogen (secondary N) is 2. The Morgan fingerprint density at radius 3 is 2.62 bits per heavy atom. The number of rotatable bonds is 6. The number of hydrogen-bond donors (Lipinski definition) is 2. The van der Waals surface area contributed by atoms with Crippen molar-refractivity contribution in [2.24, 2.45) is 0 Å². The average Bonchev–Trinajstić information content (AvgIpc) is 2.41. The van der Waals surface area contributed by atoms with Gasteiger partial charge < -0.3 is 10.6 Å². The van der Waals surface area contributed by atoms with Crippen LogP contribution in [0.2, 0.25) is 0 Å². The quantitative estimate of drug-likeness (QED) is 0.477. The molecule has 10 heteroatoms. The third-order valence-corrected chi connectivity index (χ3v) is 3.10. The van der Waals surface area contributed by atoms with Crippen molar-refractivity contribution < 1.29 is 22.9 Å². The fourth-order valence-electron chi connectivity index (χ4n) is 1.47. The third kappa shape index (κ3) is 5.50. The molecule has 116 valence electrons. The summed E-state index contributed by atoms with van der Waals surface area (Å²) >= 11 is -0.230. The molecule has 0 spiro atoms. The van der Waals surface area contributed by atoms with Crippen LogP contribution >= 0.6 is 11.8 Å². The fraction of sp³-hybridized carbons (Fsp3) is 0.364. The SMILES string of the molecule is CNC(=O)c1ccc([N+](=O)[O-])c(NCCSC(F)(F)F)c1. The predicted molar refractivity (Wildman–Crippen MR) is 73.5 cm³/mol. The van der Waals surface area contributed by atoms with Gasteiger partial charge in [0.1, 0.15) is 5.69 Å². The van der Waals surface area contributed by atoms with Gasteiger partial charge in [0.15, 0.2) is 0 Å². The molecule has 0 aliphatic carbocycles. The number of carbonyl (C=O) groups is 1. The molecule has 0 radical (unpaired) electrons. The highest BCUT2D eigenvalue weighted by Gasteiger charge is 2.27. The van der Waals surface area contributed by atoms with Crippen molar-refractivity contribution in [3.05, 3.63) is 33.9 Å². The molecule has 6 nitrogen and oxygen atoms in total. The van der Waals surface area contributed by atoms with E-state index in [1.54, 1.807) is 0 Å². The molecule has 0 aliphatic heterocycles. The zero-order valence-electron chi connectivity index (χ0n) is 10.9. The van der Waals surface area contributed by atoms with E-state index in [1.165, 1.54) is 19.2 Å².